The fraction of sp³-hybridized carbons (Fsp3) is 0.320. The minimum atomic E-state index is -0.126. The van der Waals surface area contributed by atoms with Crippen molar-refractivity contribution in [3.8, 4) is 0 Å². The predicted molar refractivity (Wildman–Crippen MR) is 121 cm³/mol. The van der Waals surface area contributed by atoms with E-state index in [1.807, 2.05) is 60.7 Å². The van der Waals surface area contributed by atoms with E-state index in [0.29, 0.717) is 38.0 Å². The van der Waals surface area contributed by atoms with E-state index in [4.69, 9.17) is 0 Å². The Balaban J connectivity index is 1.29. The summed E-state index contributed by atoms with van der Waals surface area (Å²) in [6.07, 6.45) is 6.14. The molecule has 2 aliphatic rings. The Morgan fingerprint density at radius 3 is 2.45 bits per heavy atom. The maximum Gasteiger partial charge on any atom is 0.246 e. The van der Waals surface area contributed by atoms with E-state index in [1.165, 1.54) is 0 Å². The molecule has 0 saturated carbocycles. The summed E-state index contributed by atoms with van der Waals surface area (Å²) in [5, 5.41) is 2.99. The topological polar surface area (TPSA) is 69.7 Å². The van der Waals surface area contributed by atoms with E-state index in [1.54, 1.807) is 15.9 Å². The molecule has 0 atom stereocenters. The van der Waals surface area contributed by atoms with Gasteiger partial charge >= 0.3 is 0 Å². The van der Waals surface area contributed by atoms with Crippen LogP contribution in [0.4, 0.5) is 11.4 Å². The number of likely N-dealkylation sites (tertiary alicyclic amines) is 1. The van der Waals surface area contributed by atoms with Crippen LogP contribution in [-0.2, 0) is 14.4 Å². The largest absolute Gasteiger partial charge is 0.339 e. The zero-order valence-electron chi connectivity index (χ0n) is 17.5. The Kier molecular flexibility index (Phi) is 6.46. The molecule has 0 spiro atoms. The van der Waals surface area contributed by atoms with E-state index in [-0.39, 0.29) is 23.6 Å². The second-order valence-electron chi connectivity index (χ2n) is 8.03. The summed E-state index contributed by atoms with van der Waals surface area (Å²) < 4.78 is 0. The average Bonchev–Trinajstić information content (AvgIpc) is 3.24. The molecule has 6 heteroatoms. The van der Waals surface area contributed by atoms with Crippen molar-refractivity contribution in [3.05, 3.63) is 66.2 Å². The minimum Gasteiger partial charge on any atom is -0.339 e. The third-order valence-electron chi connectivity index (χ3n) is 5.89. The van der Waals surface area contributed by atoms with Gasteiger partial charge in [0, 0.05) is 49.4 Å². The van der Waals surface area contributed by atoms with Gasteiger partial charge < -0.3 is 15.1 Å². The molecular formula is C25H27N3O3. The van der Waals surface area contributed by atoms with Crippen LogP contribution < -0.4 is 10.2 Å². The van der Waals surface area contributed by atoms with Crippen LogP contribution in [0.2, 0.25) is 0 Å². The van der Waals surface area contributed by atoms with Gasteiger partial charge in [0.15, 0.2) is 0 Å². The van der Waals surface area contributed by atoms with Gasteiger partial charge in [0.2, 0.25) is 17.7 Å². The lowest BCUT2D eigenvalue weighted by Crippen LogP contribution is -2.40. The molecule has 3 amide bonds. The van der Waals surface area contributed by atoms with Gasteiger partial charge in [0.25, 0.3) is 0 Å². The Bertz CT molecular complexity index is 979. The number of rotatable bonds is 5. The first kappa shape index (κ1) is 20.8. The molecule has 2 aromatic rings. The molecule has 0 radical (unpaired) electrons. The van der Waals surface area contributed by atoms with Crippen LogP contribution in [0, 0.1) is 5.92 Å². The molecule has 6 nitrogen and oxygen atoms in total. The van der Waals surface area contributed by atoms with Crippen molar-refractivity contribution >= 4 is 35.2 Å². The van der Waals surface area contributed by atoms with Crippen molar-refractivity contribution in [2.75, 3.05) is 29.9 Å². The molecule has 2 heterocycles. The summed E-state index contributed by atoms with van der Waals surface area (Å²) in [6, 6.07) is 17.2. The van der Waals surface area contributed by atoms with E-state index in [2.05, 4.69) is 5.32 Å². The minimum absolute atomic E-state index is 0.0225. The molecule has 0 aliphatic carbocycles. The van der Waals surface area contributed by atoms with Gasteiger partial charge in [-0.25, -0.2) is 0 Å². The number of hydrogen-bond acceptors (Lipinski definition) is 3. The van der Waals surface area contributed by atoms with E-state index < -0.39 is 0 Å². The lowest BCUT2D eigenvalue weighted by atomic mass is 9.95. The van der Waals surface area contributed by atoms with Crippen molar-refractivity contribution in [2.24, 2.45) is 5.92 Å². The van der Waals surface area contributed by atoms with Crippen molar-refractivity contribution in [1.82, 2.24) is 4.90 Å². The normalized spacial score (nSPS) is 17.4. The number of nitrogens with one attached hydrogen (secondary N) is 1. The Hall–Kier alpha value is -3.41. The molecule has 2 aliphatic heterocycles. The van der Waals surface area contributed by atoms with Gasteiger partial charge in [-0.2, -0.15) is 0 Å². The summed E-state index contributed by atoms with van der Waals surface area (Å²) in [7, 11) is 0. The predicted octanol–water partition coefficient (Wildman–Crippen LogP) is 3.70. The van der Waals surface area contributed by atoms with Gasteiger partial charge in [-0.3, -0.25) is 14.4 Å². The van der Waals surface area contributed by atoms with Gasteiger partial charge in [-0.15, -0.1) is 0 Å². The first-order valence-corrected chi connectivity index (χ1v) is 10.8. The molecule has 1 N–H and O–H groups in total. The highest BCUT2D eigenvalue weighted by atomic mass is 16.2. The molecule has 0 unspecified atom stereocenters. The molecule has 2 saturated heterocycles. The molecule has 31 heavy (non-hydrogen) atoms. The number of amides is 3. The van der Waals surface area contributed by atoms with Crippen LogP contribution >= 0.6 is 0 Å². The number of carbonyl (C=O) groups excluding carboxylic acids is 3. The third-order valence-corrected chi connectivity index (χ3v) is 5.89. The fourth-order valence-electron chi connectivity index (χ4n) is 4.12. The Labute approximate surface area is 182 Å². The van der Waals surface area contributed by atoms with Gasteiger partial charge in [0.1, 0.15) is 0 Å². The number of nitrogens with zero attached hydrogens (tertiary/aromatic N) is 2. The zero-order chi connectivity index (χ0) is 21.6. The maximum atomic E-state index is 12.7. The van der Waals surface area contributed by atoms with Crippen molar-refractivity contribution in [1.29, 1.82) is 0 Å². The Morgan fingerprint density at radius 2 is 1.74 bits per heavy atom. The van der Waals surface area contributed by atoms with E-state index >= 15 is 0 Å². The number of anilines is 2. The summed E-state index contributed by atoms with van der Waals surface area (Å²) in [5.41, 5.74) is 2.51. The Morgan fingerprint density at radius 1 is 0.968 bits per heavy atom. The number of carbonyl (C=O) groups is 3. The summed E-state index contributed by atoms with van der Waals surface area (Å²) in [6.45, 7) is 1.86. The monoisotopic (exact) mass is 417 g/mol. The van der Waals surface area contributed by atoms with Crippen molar-refractivity contribution in [2.45, 2.75) is 25.7 Å². The highest BCUT2D eigenvalue weighted by molar-refractivity contribution is 5.97. The lowest BCUT2D eigenvalue weighted by Gasteiger charge is -2.30. The number of benzene rings is 2. The van der Waals surface area contributed by atoms with E-state index in [0.717, 1.165) is 24.2 Å². The number of hydrogen-bond donors (Lipinski definition) is 1. The van der Waals surface area contributed by atoms with Gasteiger partial charge in [-0.05, 0) is 49.1 Å². The standard InChI is InChI=1S/C25H27N3O3/c29-23(12-11-19-6-2-1-3-7-19)27-16-13-20(14-17-27)25(31)26-21-8-4-9-22(18-21)28-15-5-10-24(28)30/h1-4,6-9,11-12,18,20H,5,10,13-17H2,(H,26,31)/b12-11-. The first-order valence-electron chi connectivity index (χ1n) is 10.8. The maximum absolute atomic E-state index is 12.7. The molecule has 160 valence electrons. The van der Waals surface area contributed by atoms with Crippen LogP contribution in [-0.4, -0.2) is 42.3 Å². The fourth-order valence-corrected chi connectivity index (χ4v) is 4.12. The quantitative estimate of drug-likeness (QED) is 0.754. The van der Waals surface area contributed by atoms with Crippen LogP contribution in [0.1, 0.15) is 31.2 Å². The summed E-state index contributed by atoms with van der Waals surface area (Å²) in [4.78, 5) is 40.7. The molecule has 2 aromatic carbocycles. The van der Waals surface area contributed by atoms with Crippen LogP contribution in [0.3, 0.4) is 0 Å². The SMILES string of the molecule is O=C(Nc1cccc(N2CCCC2=O)c1)C1CCN(C(=O)/C=C\c2ccccc2)CC1. The van der Waals surface area contributed by atoms with Crippen LogP contribution in [0.5, 0.6) is 0 Å². The van der Waals surface area contributed by atoms with Gasteiger partial charge in [-0.1, -0.05) is 36.4 Å². The smallest absolute Gasteiger partial charge is 0.246 e. The van der Waals surface area contributed by atoms with Crippen LogP contribution in [0.15, 0.2) is 60.7 Å². The highest BCUT2D eigenvalue weighted by Gasteiger charge is 2.27. The van der Waals surface area contributed by atoms with Gasteiger partial charge in [0.05, 0.1) is 0 Å². The van der Waals surface area contributed by atoms with Crippen LogP contribution in [0.25, 0.3) is 6.08 Å². The van der Waals surface area contributed by atoms with Crippen molar-refractivity contribution in [3.63, 3.8) is 0 Å². The lowest BCUT2D eigenvalue weighted by molar-refractivity contribution is -0.130. The first-order chi connectivity index (χ1) is 15.1. The second-order valence-corrected chi connectivity index (χ2v) is 8.03. The summed E-state index contributed by atoms with van der Waals surface area (Å²) in [5.74, 6) is -0.0522. The zero-order valence-corrected chi connectivity index (χ0v) is 17.5. The third kappa shape index (κ3) is 5.20. The molecule has 4 rings (SSSR count). The van der Waals surface area contributed by atoms with E-state index in [9.17, 15) is 14.4 Å². The number of piperidine rings is 1. The molecule has 2 fully saturated rings. The molecule has 0 bridgehead atoms. The highest BCUT2D eigenvalue weighted by Crippen LogP contribution is 2.25. The second kappa shape index (κ2) is 9.60. The molecular weight excluding hydrogens is 390 g/mol. The van der Waals surface area contributed by atoms with Crippen molar-refractivity contribution < 1.29 is 14.4 Å². The summed E-state index contributed by atoms with van der Waals surface area (Å²) >= 11 is 0. The average molecular weight is 418 g/mol. The molecule has 0 aromatic heterocycles.